The Kier molecular flexibility index (Phi) is 5.55. The Morgan fingerprint density at radius 1 is 1.27 bits per heavy atom. The number of carbonyl (C=O) groups is 1. The van der Waals surface area contributed by atoms with Crippen LogP contribution in [0.5, 0.6) is 0 Å². The van der Waals surface area contributed by atoms with Gasteiger partial charge in [-0.05, 0) is 11.5 Å². The van der Waals surface area contributed by atoms with E-state index in [0.717, 1.165) is 11.3 Å². The van der Waals surface area contributed by atoms with Crippen molar-refractivity contribution < 1.29 is 13.2 Å². The number of thiazole rings is 1. The number of rotatable bonds is 4. The second kappa shape index (κ2) is 7.54. The molecule has 0 saturated carbocycles. The van der Waals surface area contributed by atoms with E-state index >= 15 is 0 Å². The SMILES string of the molecule is CC(C)c1ccc(-c2csc(NC(=O)N[C@H]3CS(=O)(=O)C[C@H]3Cl)n2)cc1. The summed E-state index contributed by atoms with van der Waals surface area (Å²) in [5, 5.41) is 6.94. The van der Waals surface area contributed by atoms with Crippen LogP contribution >= 0.6 is 22.9 Å². The maximum Gasteiger partial charge on any atom is 0.321 e. The Morgan fingerprint density at radius 3 is 2.54 bits per heavy atom. The summed E-state index contributed by atoms with van der Waals surface area (Å²) in [6, 6.07) is 7.06. The van der Waals surface area contributed by atoms with Gasteiger partial charge < -0.3 is 5.32 Å². The number of amides is 2. The molecule has 26 heavy (non-hydrogen) atoms. The lowest BCUT2D eigenvalue weighted by Crippen LogP contribution is -2.42. The van der Waals surface area contributed by atoms with Crippen molar-refractivity contribution in [3.05, 3.63) is 35.2 Å². The van der Waals surface area contributed by atoms with E-state index in [9.17, 15) is 13.2 Å². The van der Waals surface area contributed by atoms with Gasteiger partial charge >= 0.3 is 6.03 Å². The summed E-state index contributed by atoms with van der Waals surface area (Å²) in [7, 11) is -3.19. The number of aromatic nitrogens is 1. The molecule has 6 nitrogen and oxygen atoms in total. The van der Waals surface area contributed by atoms with Gasteiger partial charge in [-0.15, -0.1) is 22.9 Å². The van der Waals surface area contributed by atoms with E-state index in [-0.39, 0.29) is 11.5 Å². The van der Waals surface area contributed by atoms with Crippen LogP contribution in [0.15, 0.2) is 29.6 Å². The molecule has 2 N–H and O–H groups in total. The fourth-order valence-electron chi connectivity index (χ4n) is 2.74. The van der Waals surface area contributed by atoms with Gasteiger partial charge in [0.25, 0.3) is 0 Å². The molecule has 3 rings (SSSR count). The highest BCUT2D eigenvalue weighted by Gasteiger charge is 2.37. The molecule has 0 unspecified atom stereocenters. The van der Waals surface area contributed by atoms with Gasteiger partial charge in [-0.3, -0.25) is 5.32 Å². The van der Waals surface area contributed by atoms with Crippen molar-refractivity contribution in [2.75, 3.05) is 16.8 Å². The van der Waals surface area contributed by atoms with E-state index in [1.54, 1.807) is 0 Å². The van der Waals surface area contributed by atoms with Gasteiger partial charge in [0.1, 0.15) is 0 Å². The van der Waals surface area contributed by atoms with Crippen LogP contribution in [0.2, 0.25) is 0 Å². The van der Waals surface area contributed by atoms with Crippen LogP contribution in [0.3, 0.4) is 0 Å². The van der Waals surface area contributed by atoms with Crippen LogP contribution in [0.25, 0.3) is 11.3 Å². The average molecular weight is 414 g/mol. The first kappa shape index (κ1) is 19.1. The van der Waals surface area contributed by atoms with Gasteiger partial charge in [0, 0.05) is 10.9 Å². The van der Waals surface area contributed by atoms with Crippen LogP contribution in [-0.4, -0.2) is 42.4 Å². The third-order valence-corrected chi connectivity index (χ3v) is 7.33. The molecule has 2 heterocycles. The number of sulfone groups is 1. The summed E-state index contributed by atoms with van der Waals surface area (Å²) >= 11 is 7.30. The van der Waals surface area contributed by atoms with Gasteiger partial charge in [0.05, 0.1) is 28.6 Å². The number of hydrogen-bond donors (Lipinski definition) is 2. The zero-order valence-electron chi connectivity index (χ0n) is 14.4. The normalized spacial score (nSPS) is 21.7. The number of benzene rings is 1. The number of alkyl halides is 1. The number of hydrogen-bond acceptors (Lipinski definition) is 5. The second-order valence-corrected chi connectivity index (χ2v) is 10.2. The molecule has 1 fully saturated rings. The number of anilines is 1. The fourth-order valence-corrected chi connectivity index (χ4v) is 6.01. The first-order valence-corrected chi connectivity index (χ1v) is 11.3. The van der Waals surface area contributed by atoms with E-state index in [1.807, 2.05) is 17.5 Å². The van der Waals surface area contributed by atoms with Crippen LogP contribution in [0.4, 0.5) is 9.93 Å². The maximum atomic E-state index is 12.1. The van der Waals surface area contributed by atoms with Crippen molar-refractivity contribution in [1.82, 2.24) is 10.3 Å². The van der Waals surface area contributed by atoms with E-state index in [4.69, 9.17) is 11.6 Å². The third-order valence-electron chi connectivity index (χ3n) is 4.20. The molecule has 0 radical (unpaired) electrons. The Hall–Kier alpha value is -1.64. The standard InChI is InChI=1S/C17H20ClN3O3S2/c1-10(2)11-3-5-12(6-4-11)14-7-25-17(20-14)21-16(22)19-15-9-26(23,24)8-13(15)18/h3-7,10,13,15H,8-9H2,1-2H3,(H2,19,20,21,22)/t13-,15+/m1/s1. The van der Waals surface area contributed by atoms with Crippen LogP contribution in [-0.2, 0) is 9.84 Å². The zero-order chi connectivity index (χ0) is 18.9. The van der Waals surface area contributed by atoms with Crippen molar-refractivity contribution in [2.24, 2.45) is 0 Å². The monoisotopic (exact) mass is 413 g/mol. The summed E-state index contributed by atoms with van der Waals surface area (Å²) in [6.07, 6.45) is 0. The van der Waals surface area contributed by atoms with Crippen LogP contribution in [0, 0.1) is 0 Å². The molecule has 2 amide bonds. The molecule has 0 spiro atoms. The van der Waals surface area contributed by atoms with E-state index in [2.05, 4.69) is 41.6 Å². The predicted octanol–water partition coefficient (Wildman–Crippen LogP) is 3.46. The number of nitrogens with zero attached hydrogens (tertiary/aromatic N) is 1. The highest BCUT2D eigenvalue weighted by Crippen LogP contribution is 2.26. The van der Waals surface area contributed by atoms with Gasteiger partial charge in [-0.25, -0.2) is 18.2 Å². The molecule has 1 saturated heterocycles. The molecule has 1 aromatic heterocycles. The number of halogens is 1. The Morgan fingerprint density at radius 2 is 1.96 bits per heavy atom. The predicted molar refractivity (Wildman–Crippen MR) is 106 cm³/mol. The smallest absolute Gasteiger partial charge is 0.321 e. The summed E-state index contributed by atoms with van der Waals surface area (Å²) in [5.41, 5.74) is 3.00. The largest absolute Gasteiger partial charge is 0.333 e. The molecule has 0 bridgehead atoms. The van der Waals surface area contributed by atoms with Crippen molar-refractivity contribution in [3.8, 4) is 11.3 Å². The Labute approximate surface area is 161 Å². The van der Waals surface area contributed by atoms with E-state index in [1.165, 1.54) is 16.9 Å². The van der Waals surface area contributed by atoms with Crippen LogP contribution < -0.4 is 10.6 Å². The lowest BCUT2D eigenvalue weighted by atomic mass is 10.0. The van der Waals surface area contributed by atoms with Crippen molar-refractivity contribution in [3.63, 3.8) is 0 Å². The zero-order valence-corrected chi connectivity index (χ0v) is 16.8. The minimum absolute atomic E-state index is 0.118. The number of carbonyl (C=O) groups excluding carboxylic acids is 1. The lowest BCUT2D eigenvalue weighted by Gasteiger charge is -2.13. The molecule has 2 atom stereocenters. The summed E-state index contributed by atoms with van der Waals surface area (Å²) in [6.45, 7) is 4.28. The average Bonchev–Trinajstić information content (AvgIpc) is 3.11. The molecule has 9 heteroatoms. The number of urea groups is 1. The minimum Gasteiger partial charge on any atom is -0.333 e. The van der Waals surface area contributed by atoms with Gasteiger partial charge in [0.2, 0.25) is 0 Å². The molecule has 140 valence electrons. The fraction of sp³-hybridized carbons (Fsp3) is 0.412. The third kappa shape index (κ3) is 4.55. The summed E-state index contributed by atoms with van der Waals surface area (Å²) < 4.78 is 23.1. The lowest BCUT2D eigenvalue weighted by molar-refractivity contribution is 0.249. The quantitative estimate of drug-likeness (QED) is 0.751. The van der Waals surface area contributed by atoms with Crippen molar-refractivity contribution in [2.45, 2.75) is 31.2 Å². The Bertz CT molecular complexity index is 894. The van der Waals surface area contributed by atoms with E-state index in [0.29, 0.717) is 11.0 Å². The molecule has 0 aliphatic carbocycles. The molecule has 1 aromatic carbocycles. The van der Waals surface area contributed by atoms with Crippen molar-refractivity contribution in [1.29, 1.82) is 0 Å². The van der Waals surface area contributed by atoms with E-state index < -0.39 is 27.3 Å². The van der Waals surface area contributed by atoms with Crippen molar-refractivity contribution >= 4 is 43.9 Å². The number of nitrogens with one attached hydrogen (secondary N) is 2. The van der Waals surface area contributed by atoms with Gasteiger partial charge in [0.15, 0.2) is 15.0 Å². The summed E-state index contributed by atoms with van der Waals surface area (Å²) in [4.78, 5) is 16.5. The van der Waals surface area contributed by atoms with Gasteiger partial charge in [-0.1, -0.05) is 38.1 Å². The molecular formula is C17H20ClN3O3S2. The highest BCUT2D eigenvalue weighted by atomic mass is 35.5. The molecular weight excluding hydrogens is 394 g/mol. The second-order valence-electron chi connectivity index (χ2n) is 6.61. The first-order chi connectivity index (χ1) is 12.2. The van der Waals surface area contributed by atoms with Gasteiger partial charge in [-0.2, -0.15) is 0 Å². The highest BCUT2D eigenvalue weighted by molar-refractivity contribution is 7.91. The molecule has 1 aliphatic heterocycles. The first-order valence-electron chi connectivity index (χ1n) is 8.21. The van der Waals surface area contributed by atoms with Crippen LogP contribution in [0.1, 0.15) is 25.3 Å². The topological polar surface area (TPSA) is 88.2 Å². The molecule has 1 aliphatic rings. The molecule has 2 aromatic rings. The Balaban J connectivity index is 1.62. The minimum atomic E-state index is -3.19. The summed E-state index contributed by atoms with van der Waals surface area (Å²) in [5.74, 6) is 0.207. The maximum absolute atomic E-state index is 12.1.